The van der Waals surface area contributed by atoms with E-state index >= 15 is 0 Å². The number of nitrogens with zero attached hydrogens (tertiary/aromatic N) is 5. The summed E-state index contributed by atoms with van der Waals surface area (Å²) in [6.45, 7) is 2.96. The standard InChI is InChI=1S/C24H27N7/c1-30-13-10-20(11-14-30)28-22-7-8-24-27-17-21(31(24)29-22)19-9-12-25-23(15-19)26-16-18-5-3-2-4-6-18/h2-9,12,15,17,20H,10-11,13-14,16H2,1H3,(H,25,26)(H,28,29). The van der Waals surface area contributed by atoms with E-state index in [1.807, 2.05) is 59.4 Å². The van der Waals surface area contributed by atoms with Gasteiger partial charge in [-0.25, -0.2) is 14.5 Å². The minimum absolute atomic E-state index is 0.461. The summed E-state index contributed by atoms with van der Waals surface area (Å²) >= 11 is 0. The van der Waals surface area contributed by atoms with Crippen LogP contribution in [0.3, 0.4) is 0 Å². The summed E-state index contributed by atoms with van der Waals surface area (Å²) in [5, 5.41) is 11.8. The van der Waals surface area contributed by atoms with Crippen molar-refractivity contribution in [2.45, 2.75) is 25.4 Å². The van der Waals surface area contributed by atoms with Crippen LogP contribution in [0.1, 0.15) is 18.4 Å². The van der Waals surface area contributed by atoms with Crippen LogP contribution in [-0.4, -0.2) is 50.7 Å². The van der Waals surface area contributed by atoms with Crippen LogP contribution >= 0.6 is 0 Å². The second kappa shape index (κ2) is 8.73. The van der Waals surface area contributed by atoms with E-state index in [4.69, 9.17) is 5.10 Å². The highest BCUT2D eigenvalue weighted by atomic mass is 15.3. The third-order valence-corrected chi connectivity index (χ3v) is 5.81. The molecule has 4 heterocycles. The molecule has 0 unspecified atom stereocenters. The van der Waals surface area contributed by atoms with Gasteiger partial charge in [-0.3, -0.25) is 0 Å². The van der Waals surface area contributed by atoms with Crippen molar-refractivity contribution in [2.24, 2.45) is 0 Å². The number of piperidine rings is 1. The van der Waals surface area contributed by atoms with E-state index in [0.717, 1.165) is 61.0 Å². The van der Waals surface area contributed by atoms with Gasteiger partial charge in [0.25, 0.3) is 0 Å². The minimum atomic E-state index is 0.461. The number of rotatable bonds is 6. The van der Waals surface area contributed by atoms with Crippen molar-refractivity contribution in [3.8, 4) is 11.3 Å². The van der Waals surface area contributed by atoms with Gasteiger partial charge in [0.15, 0.2) is 5.65 Å². The number of anilines is 2. The van der Waals surface area contributed by atoms with Crippen molar-refractivity contribution in [1.82, 2.24) is 24.5 Å². The molecule has 2 N–H and O–H groups in total. The molecule has 7 heteroatoms. The molecule has 1 aliphatic rings. The summed E-state index contributed by atoms with van der Waals surface area (Å²) in [4.78, 5) is 11.4. The predicted octanol–water partition coefficient (Wildman–Crippen LogP) is 3.91. The maximum absolute atomic E-state index is 4.84. The van der Waals surface area contributed by atoms with Crippen LogP contribution in [0.5, 0.6) is 0 Å². The van der Waals surface area contributed by atoms with E-state index in [2.05, 4.69) is 44.7 Å². The Morgan fingerprint density at radius 3 is 2.65 bits per heavy atom. The average Bonchev–Trinajstić information content (AvgIpc) is 3.23. The number of benzene rings is 1. The quantitative estimate of drug-likeness (QED) is 0.499. The van der Waals surface area contributed by atoms with Gasteiger partial charge in [-0.15, -0.1) is 5.10 Å². The van der Waals surface area contributed by atoms with Crippen molar-refractivity contribution in [1.29, 1.82) is 0 Å². The lowest BCUT2D eigenvalue weighted by Gasteiger charge is -2.29. The lowest BCUT2D eigenvalue weighted by atomic mass is 10.1. The number of imidazole rings is 1. The molecule has 158 valence electrons. The lowest BCUT2D eigenvalue weighted by molar-refractivity contribution is 0.263. The molecule has 0 bridgehead atoms. The SMILES string of the molecule is CN1CCC(Nc2ccc3ncc(-c4ccnc(NCc5ccccc5)c4)n3n2)CC1. The molecule has 0 aliphatic carbocycles. The molecule has 0 saturated carbocycles. The zero-order valence-electron chi connectivity index (χ0n) is 17.7. The summed E-state index contributed by atoms with van der Waals surface area (Å²) in [7, 11) is 2.18. The molecule has 0 amide bonds. The van der Waals surface area contributed by atoms with Crippen LogP contribution in [0, 0.1) is 0 Å². The Bertz CT molecular complexity index is 1150. The van der Waals surface area contributed by atoms with Crippen molar-refractivity contribution >= 4 is 17.3 Å². The monoisotopic (exact) mass is 413 g/mol. The molecule has 0 atom stereocenters. The molecule has 1 fully saturated rings. The first-order chi connectivity index (χ1) is 15.2. The Balaban J connectivity index is 1.36. The van der Waals surface area contributed by atoms with Crippen LogP contribution in [0.25, 0.3) is 16.9 Å². The zero-order chi connectivity index (χ0) is 21.0. The van der Waals surface area contributed by atoms with Crippen LogP contribution in [0.15, 0.2) is 67.0 Å². The van der Waals surface area contributed by atoms with Crippen LogP contribution in [0.2, 0.25) is 0 Å². The van der Waals surface area contributed by atoms with Crippen molar-refractivity contribution < 1.29 is 0 Å². The van der Waals surface area contributed by atoms with E-state index in [9.17, 15) is 0 Å². The van der Waals surface area contributed by atoms with E-state index in [0.29, 0.717) is 6.04 Å². The molecule has 1 aliphatic heterocycles. The second-order valence-corrected chi connectivity index (χ2v) is 8.12. The van der Waals surface area contributed by atoms with E-state index < -0.39 is 0 Å². The number of fused-ring (bicyclic) bond motifs is 1. The maximum Gasteiger partial charge on any atom is 0.154 e. The Kier molecular flexibility index (Phi) is 5.50. The molecule has 31 heavy (non-hydrogen) atoms. The molecule has 1 aromatic carbocycles. The van der Waals surface area contributed by atoms with Crippen molar-refractivity contribution in [2.75, 3.05) is 30.8 Å². The summed E-state index contributed by atoms with van der Waals surface area (Å²) in [6.07, 6.45) is 5.96. The Morgan fingerprint density at radius 1 is 0.968 bits per heavy atom. The first-order valence-corrected chi connectivity index (χ1v) is 10.8. The molecule has 0 radical (unpaired) electrons. The molecular formula is C24H27N7. The number of hydrogen-bond acceptors (Lipinski definition) is 6. The van der Waals surface area contributed by atoms with E-state index in [-0.39, 0.29) is 0 Å². The lowest BCUT2D eigenvalue weighted by Crippen LogP contribution is -2.36. The third kappa shape index (κ3) is 4.51. The topological polar surface area (TPSA) is 70.4 Å². The fraction of sp³-hybridized carbons (Fsp3) is 0.292. The van der Waals surface area contributed by atoms with E-state index in [1.165, 1.54) is 5.56 Å². The van der Waals surface area contributed by atoms with E-state index in [1.54, 1.807) is 0 Å². The summed E-state index contributed by atoms with van der Waals surface area (Å²) in [5.41, 5.74) is 4.03. The molecule has 1 saturated heterocycles. The van der Waals surface area contributed by atoms with Gasteiger partial charge >= 0.3 is 0 Å². The number of hydrogen-bond donors (Lipinski definition) is 2. The number of nitrogens with one attached hydrogen (secondary N) is 2. The summed E-state index contributed by atoms with van der Waals surface area (Å²) < 4.78 is 1.91. The summed E-state index contributed by atoms with van der Waals surface area (Å²) in [5.74, 6) is 1.72. The van der Waals surface area contributed by atoms with Gasteiger partial charge in [0.1, 0.15) is 11.6 Å². The summed E-state index contributed by atoms with van der Waals surface area (Å²) in [6, 6.07) is 18.9. The number of likely N-dealkylation sites (tertiary alicyclic amines) is 1. The van der Waals surface area contributed by atoms with Gasteiger partial charge in [0.2, 0.25) is 0 Å². The smallest absolute Gasteiger partial charge is 0.154 e. The number of aromatic nitrogens is 4. The zero-order valence-corrected chi connectivity index (χ0v) is 17.7. The van der Waals surface area contributed by atoms with Crippen LogP contribution in [0.4, 0.5) is 11.6 Å². The Labute approximate surface area is 182 Å². The van der Waals surface area contributed by atoms with Gasteiger partial charge in [-0.05, 0) is 62.8 Å². The van der Waals surface area contributed by atoms with Crippen LogP contribution < -0.4 is 10.6 Å². The molecule has 5 rings (SSSR count). The molecule has 3 aromatic heterocycles. The fourth-order valence-corrected chi connectivity index (χ4v) is 3.98. The molecule has 0 spiro atoms. The first kappa shape index (κ1) is 19.5. The van der Waals surface area contributed by atoms with Gasteiger partial charge in [0, 0.05) is 24.3 Å². The molecule has 4 aromatic rings. The number of pyridine rings is 1. The predicted molar refractivity (Wildman–Crippen MR) is 124 cm³/mol. The van der Waals surface area contributed by atoms with Gasteiger partial charge in [-0.1, -0.05) is 30.3 Å². The largest absolute Gasteiger partial charge is 0.366 e. The Morgan fingerprint density at radius 2 is 1.81 bits per heavy atom. The van der Waals surface area contributed by atoms with Crippen molar-refractivity contribution in [3.05, 3.63) is 72.6 Å². The Hall–Kier alpha value is -3.45. The van der Waals surface area contributed by atoms with Gasteiger partial charge < -0.3 is 15.5 Å². The first-order valence-electron chi connectivity index (χ1n) is 10.8. The maximum atomic E-state index is 4.84. The highest BCUT2D eigenvalue weighted by molar-refractivity contribution is 5.66. The highest BCUT2D eigenvalue weighted by Gasteiger charge is 2.17. The van der Waals surface area contributed by atoms with Crippen molar-refractivity contribution in [3.63, 3.8) is 0 Å². The normalized spacial score (nSPS) is 15.3. The highest BCUT2D eigenvalue weighted by Crippen LogP contribution is 2.23. The van der Waals surface area contributed by atoms with Crippen LogP contribution in [-0.2, 0) is 6.54 Å². The molecule has 7 nitrogen and oxygen atoms in total. The third-order valence-electron chi connectivity index (χ3n) is 5.81. The van der Waals surface area contributed by atoms with Gasteiger partial charge in [-0.2, -0.15) is 0 Å². The molecular weight excluding hydrogens is 386 g/mol. The second-order valence-electron chi connectivity index (χ2n) is 8.12. The fourth-order valence-electron chi connectivity index (χ4n) is 3.98. The minimum Gasteiger partial charge on any atom is -0.366 e. The van der Waals surface area contributed by atoms with Gasteiger partial charge in [0.05, 0.1) is 11.9 Å². The average molecular weight is 414 g/mol.